The normalized spacial score (nSPS) is 18.8. The Kier molecular flexibility index (Phi) is 4.58. The first-order valence-corrected chi connectivity index (χ1v) is 9.15. The summed E-state index contributed by atoms with van der Waals surface area (Å²) in [5.74, 6) is 1.33. The van der Waals surface area contributed by atoms with E-state index >= 15 is 0 Å². The summed E-state index contributed by atoms with van der Waals surface area (Å²) in [4.78, 5) is 6.62. The number of aryl methyl sites for hydroxylation is 1. The molecule has 1 saturated heterocycles. The molecule has 1 fully saturated rings. The third kappa shape index (κ3) is 4.97. The van der Waals surface area contributed by atoms with E-state index in [-0.39, 0.29) is 17.0 Å². The van der Waals surface area contributed by atoms with Crippen LogP contribution in [0.2, 0.25) is 0 Å². The number of hydrogen-bond donors (Lipinski definition) is 1. The van der Waals surface area contributed by atoms with Gasteiger partial charge in [-0.05, 0) is 45.4 Å². The zero-order valence-corrected chi connectivity index (χ0v) is 14.1. The van der Waals surface area contributed by atoms with Gasteiger partial charge >= 0.3 is 0 Å². The molecule has 1 N–H and O–H groups in total. The van der Waals surface area contributed by atoms with E-state index in [9.17, 15) is 8.42 Å². The van der Waals surface area contributed by atoms with Crippen molar-refractivity contribution in [2.24, 2.45) is 0 Å². The third-order valence-corrected chi connectivity index (χ3v) is 5.10. The highest BCUT2D eigenvalue weighted by atomic mass is 32.2. The molecule has 0 saturated carbocycles. The molecule has 1 aliphatic heterocycles. The summed E-state index contributed by atoms with van der Waals surface area (Å²) >= 11 is 0. The molecule has 2 rings (SSSR count). The second kappa shape index (κ2) is 5.93. The number of rotatable bonds is 3. The lowest BCUT2D eigenvalue weighted by Crippen LogP contribution is -2.41. The minimum Gasteiger partial charge on any atom is -0.355 e. The Labute approximate surface area is 127 Å². The second-order valence-electron chi connectivity index (χ2n) is 6.72. The van der Waals surface area contributed by atoms with E-state index in [1.807, 2.05) is 6.92 Å². The molecular weight excluding hydrogens is 286 g/mol. The molecule has 0 aromatic carbocycles. The van der Waals surface area contributed by atoms with Gasteiger partial charge in [0.05, 0.1) is 11.5 Å². The fourth-order valence-corrected chi connectivity index (χ4v) is 3.50. The molecule has 0 radical (unpaired) electrons. The second-order valence-corrected chi connectivity index (χ2v) is 9.02. The fraction of sp³-hybridized carbons (Fsp3) is 0.667. The average Bonchev–Trinajstić information content (AvgIpc) is 2.35. The zero-order chi connectivity index (χ0) is 15.7. The molecule has 21 heavy (non-hydrogen) atoms. The predicted octanol–water partition coefficient (Wildman–Crippen LogP) is 1.51. The van der Waals surface area contributed by atoms with Gasteiger partial charge < -0.3 is 10.2 Å². The highest BCUT2D eigenvalue weighted by Gasteiger charge is 2.22. The summed E-state index contributed by atoms with van der Waals surface area (Å²) in [5, 5.41) is 3.47. The molecule has 118 valence electrons. The molecule has 1 aromatic rings. The average molecular weight is 311 g/mol. The van der Waals surface area contributed by atoms with Gasteiger partial charge in [0.25, 0.3) is 0 Å². The molecule has 0 aliphatic carbocycles. The Morgan fingerprint density at radius 2 is 1.86 bits per heavy atom. The van der Waals surface area contributed by atoms with Crippen molar-refractivity contribution in [3.8, 4) is 0 Å². The number of sulfone groups is 1. The Bertz CT molecular complexity index is 592. The van der Waals surface area contributed by atoms with Crippen LogP contribution in [0.1, 0.15) is 32.0 Å². The molecule has 0 bridgehead atoms. The number of anilines is 1. The Morgan fingerprint density at radius 1 is 1.24 bits per heavy atom. The van der Waals surface area contributed by atoms with E-state index in [2.05, 4.69) is 48.1 Å². The predicted molar refractivity (Wildman–Crippen MR) is 86.4 cm³/mol. The summed E-state index contributed by atoms with van der Waals surface area (Å²) in [5.41, 5.74) is 2.21. The van der Waals surface area contributed by atoms with Gasteiger partial charge in [-0.25, -0.2) is 13.4 Å². The van der Waals surface area contributed by atoms with Crippen molar-refractivity contribution < 1.29 is 8.42 Å². The lowest BCUT2D eigenvalue weighted by atomic mass is 10.1. The van der Waals surface area contributed by atoms with Crippen molar-refractivity contribution in [3.05, 3.63) is 23.4 Å². The van der Waals surface area contributed by atoms with Gasteiger partial charge in [-0.2, -0.15) is 0 Å². The number of pyridine rings is 1. The first kappa shape index (κ1) is 16.2. The maximum Gasteiger partial charge on any atom is 0.153 e. The molecule has 1 aliphatic rings. The van der Waals surface area contributed by atoms with E-state index in [1.165, 1.54) is 5.56 Å². The van der Waals surface area contributed by atoms with Gasteiger partial charge in [0.15, 0.2) is 9.84 Å². The smallest absolute Gasteiger partial charge is 0.153 e. The van der Waals surface area contributed by atoms with Crippen LogP contribution >= 0.6 is 0 Å². The van der Waals surface area contributed by atoms with Crippen molar-refractivity contribution in [2.75, 3.05) is 29.5 Å². The summed E-state index contributed by atoms with van der Waals surface area (Å²) in [6, 6.07) is 4.13. The summed E-state index contributed by atoms with van der Waals surface area (Å²) in [6.45, 7) is 10.2. The van der Waals surface area contributed by atoms with Crippen LogP contribution in [-0.4, -0.2) is 43.5 Å². The monoisotopic (exact) mass is 311 g/mol. The quantitative estimate of drug-likeness (QED) is 0.917. The number of aromatic nitrogens is 1. The number of hydrogen-bond acceptors (Lipinski definition) is 5. The molecule has 0 amide bonds. The number of nitrogens with zero attached hydrogens (tertiary/aromatic N) is 2. The van der Waals surface area contributed by atoms with Gasteiger partial charge in [-0.3, -0.25) is 0 Å². The van der Waals surface area contributed by atoms with Crippen LogP contribution in [0.4, 0.5) is 5.82 Å². The van der Waals surface area contributed by atoms with Crippen LogP contribution in [-0.2, 0) is 16.4 Å². The zero-order valence-electron chi connectivity index (χ0n) is 13.3. The van der Waals surface area contributed by atoms with Gasteiger partial charge in [-0.15, -0.1) is 0 Å². The highest BCUT2D eigenvalue weighted by Crippen LogP contribution is 2.18. The summed E-state index contributed by atoms with van der Waals surface area (Å²) in [7, 11) is -2.86. The van der Waals surface area contributed by atoms with Crippen molar-refractivity contribution >= 4 is 15.7 Å². The van der Waals surface area contributed by atoms with Crippen molar-refractivity contribution in [3.63, 3.8) is 0 Å². The number of nitrogens with one attached hydrogen (secondary N) is 1. The minimum absolute atomic E-state index is 0.0660. The Morgan fingerprint density at radius 3 is 2.43 bits per heavy atom. The molecule has 6 heteroatoms. The lowest BCUT2D eigenvalue weighted by molar-refractivity contribution is 0.424. The van der Waals surface area contributed by atoms with Crippen LogP contribution in [0.15, 0.2) is 12.1 Å². The molecule has 0 atom stereocenters. The van der Waals surface area contributed by atoms with Gasteiger partial charge in [0.1, 0.15) is 5.82 Å². The van der Waals surface area contributed by atoms with Crippen molar-refractivity contribution in [2.45, 2.75) is 39.8 Å². The molecule has 0 spiro atoms. The first-order valence-electron chi connectivity index (χ1n) is 7.33. The van der Waals surface area contributed by atoms with Crippen LogP contribution < -0.4 is 10.2 Å². The van der Waals surface area contributed by atoms with E-state index in [0.717, 1.165) is 18.1 Å². The largest absolute Gasteiger partial charge is 0.355 e. The van der Waals surface area contributed by atoms with E-state index < -0.39 is 9.84 Å². The summed E-state index contributed by atoms with van der Waals surface area (Å²) < 4.78 is 23.0. The van der Waals surface area contributed by atoms with Crippen molar-refractivity contribution in [1.29, 1.82) is 0 Å². The van der Waals surface area contributed by atoms with E-state index in [4.69, 9.17) is 0 Å². The Hall–Kier alpha value is -1.14. The molecular formula is C15H25N3O2S. The maximum absolute atomic E-state index is 11.5. The van der Waals surface area contributed by atoms with E-state index in [0.29, 0.717) is 13.1 Å². The summed E-state index contributed by atoms with van der Waals surface area (Å²) in [6.07, 6.45) is 0. The molecule has 1 aromatic heterocycles. The van der Waals surface area contributed by atoms with Crippen LogP contribution in [0, 0.1) is 6.92 Å². The topological polar surface area (TPSA) is 62.3 Å². The van der Waals surface area contributed by atoms with Crippen LogP contribution in [0.5, 0.6) is 0 Å². The standard InChI is InChI=1S/C15H25N3O2S/c1-12-9-13(11-16-15(2,3)4)10-14(17-12)18-5-7-21(19,20)8-6-18/h9-10,16H,5-8,11H2,1-4H3. The SMILES string of the molecule is Cc1cc(CNC(C)(C)C)cc(N2CCS(=O)(=O)CC2)n1. The molecule has 5 nitrogen and oxygen atoms in total. The van der Waals surface area contributed by atoms with Gasteiger partial charge in [0, 0.05) is 30.9 Å². The van der Waals surface area contributed by atoms with Gasteiger partial charge in [-0.1, -0.05) is 0 Å². The molecule has 0 unspecified atom stereocenters. The maximum atomic E-state index is 11.5. The van der Waals surface area contributed by atoms with Crippen LogP contribution in [0.25, 0.3) is 0 Å². The minimum atomic E-state index is -2.86. The Balaban J connectivity index is 2.12. The van der Waals surface area contributed by atoms with Crippen molar-refractivity contribution in [1.82, 2.24) is 10.3 Å². The van der Waals surface area contributed by atoms with Gasteiger partial charge in [0.2, 0.25) is 0 Å². The lowest BCUT2D eigenvalue weighted by Gasteiger charge is -2.28. The van der Waals surface area contributed by atoms with E-state index in [1.54, 1.807) is 0 Å². The fourth-order valence-electron chi connectivity index (χ4n) is 2.29. The third-order valence-electron chi connectivity index (χ3n) is 3.49. The highest BCUT2D eigenvalue weighted by molar-refractivity contribution is 7.91. The van der Waals surface area contributed by atoms with Crippen LogP contribution in [0.3, 0.4) is 0 Å². The molecule has 2 heterocycles. The first-order chi connectivity index (χ1) is 9.65.